The first kappa shape index (κ1) is 16.0. The average Bonchev–Trinajstić information content (AvgIpc) is 3.21. The molecule has 3 rings (SSSR count). The number of halogens is 1. The number of ether oxygens (including phenoxy) is 1. The van der Waals surface area contributed by atoms with E-state index in [4.69, 9.17) is 16.3 Å². The van der Waals surface area contributed by atoms with Crippen LogP contribution in [0.2, 0.25) is 5.02 Å². The van der Waals surface area contributed by atoms with Crippen molar-refractivity contribution in [3.05, 3.63) is 53.3 Å². The van der Waals surface area contributed by atoms with Crippen LogP contribution in [0.4, 0.5) is 0 Å². The van der Waals surface area contributed by atoms with E-state index >= 15 is 0 Å². The van der Waals surface area contributed by atoms with Gasteiger partial charge in [-0.1, -0.05) is 29.8 Å². The molecule has 1 saturated heterocycles. The van der Waals surface area contributed by atoms with Crippen LogP contribution in [0.1, 0.15) is 18.4 Å². The Hall–Kier alpha value is -1.85. The third kappa shape index (κ3) is 4.12. The second-order valence-corrected chi connectivity index (χ2v) is 6.10. The summed E-state index contributed by atoms with van der Waals surface area (Å²) in [6.07, 6.45) is 5.72. The van der Waals surface area contributed by atoms with Gasteiger partial charge >= 0.3 is 0 Å². The van der Waals surface area contributed by atoms with Crippen molar-refractivity contribution in [3.8, 4) is 0 Å². The molecule has 1 fully saturated rings. The van der Waals surface area contributed by atoms with Gasteiger partial charge in [-0.15, -0.1) is 0 Å². The monoisotopic (exact) mass is 333 g/mol. The fraction of sp³-hybridized carbons (Fsp3) is 0.412. The minimum atomic E-state index is 0.0340. The van der Waals surface area contributed by atoms with Gasteiger partial charge in [-0.3, -0.25) is 9.48 Å². The first-order valence-electron chi connectivity index (χ1n) is 7.82. The maximum absolute atomic E-state index is 12.4. The SMILES string of the molecule is O=C(COCc1ccccc1Cl)N1CCC[C@@H]1Cn1cccn1. The molecule has 1 aliphatic heterocycles. The van der Waals surface area contributed by atoms with Crippen LogP contribution in [0.5, 0.6) is 0 Å². The maximum atomic E-state index is 12.4. The van der Waals surface area contributed by atoms with Gasteiger partial charge in [-0.2, -0.15) is 5.10 Å². The Bertz CT molecular complexity index is 645. The lowest BCUT2D eigenvalue weighted by molar-refractivity contribution is -0.137. The molecule has 0 bridgehead atoms. The Morgan fingerprint density at radius 2 is 2.22 bits per heavy atom. The van der Waals surface area contributed by atoms with Crippen molar-refractivity contribution in [2.75, 3.05) is 13.2 Å². The van der Waals surface area contributed by atoms with Gasteiger partial charge in [0.2, 0.25) is 5.91 Å². The second-order valence-electron chi connectivity index (χ2n) is 5.70. The molecule has 0 N–H and O–H groups in total. The number of amides is 1. The first-order valence-corrected chi connectivity index (χ1v) is 8.20. The van der Waals surface area contributed by atoms with E-state index in [-0.39, 0.29) is 18.6 Å². The van der Waals surface area contributed by atoms with Gasteiger partial charge in [0.25, 0.3) is 0 Å². The molecule has 0 spiro atoms. The van der Waals surface area contributed by atoms with Crippen molar-refractivity contribution in [2.45, 2.75) is 32.0 Å². The summed E-state index contributed by atoms with van der Waals surface area (Å²) in [7, 11) is 0. The van der Waals surface area contributed by atoms with Gasteiger partial charge < -0.3 is 9.64 Å². The first-order chi connectivity index (χ1) is 11.2. The van der Waals surface area contributed by atoms with Crippen LogP contribution in [-0.2, 0) is 22.7 Å². The van der Waals surface area contributed by atoms with Gasteiger partial charge in [0.05, 0.1) is 19.2 Å². The van der Waals surface area contributed by atoms with Crippen molar-refractivity contribution in [1.29, 1.82) is 0 Å². The van der Waals surface area contributed by atoms with Crippen molar-refractivity contribution in [1.82, 2.24) is 14.7 Å². The Balaban J connectivity index is 1.50. The van der Waals surface area contributed by atoms with E-state index in [1.54, 1.807) is 6.20 Å². The normalized spacial score (nSPS) is 17.6. The number of carbonyl (C=O) groups excluding carboxylic acids is 1. The molecular weight excluding hydrogens is 314 g/mol. The van der Waals surface area contributed by atoms with Crippen LogP contribution in [0.3, 0.4) is 0 Å². The molecule has 5 nitrogen and oxygen atoms in total. The highest BCUT2D eigenvalue weighted by atomic mass is 35.5. The summed E-state index contributed by atoms with van der Waals surface area (Å²) in [6.45, 7) is 1.97. The van der Waals surface area contributed by atoms with Crippen molar-refractivity contribution >= 4 is 17.5 Å². The van der Waals surface area contributed by atoms with Crippen LogP contribution in [0.15, 0.2) is 42.7 Å². The van der Waals surface area contributed by atoms with E-state index in [0.29, 0.717) is 11.6 Å². The van der Waals surface area contributed by atoms with Gasteiger partial charge in [0.15, 0.2) is 0 Å². The number of aromatic nitrogens is 2. The largest absolute Gasteiger partial charge is 0.367 e. The summed E-state index contributed by atoms with van der Waals surface area (Å²) in [5.41, 5.74) is 0.900. The Labute approximate surface area is 140 Å². The van der Waals surface area contributed by atoms with Crippen LogP contribution in [-0.4, -0.2) is 39.8 Å². The molecule has 1 atom stereocenters. The zero-order chi connectivity index (χ0) is 16.1. The van der Waals surface area contributed by atoms with E-state index in [1.165, 1.54) is 0 Å². The summed E-state index contributed by atoms with van der Waals surface area (Å²) in [4.78, 5) is 14.3. The zero-order valence-electron chi connectivity index (χ0n) is 12.9. The highest BCUT2D eigenvalue weighted by molar-refractivity contribution is 6.31. The molecule has 1 aromatic carbocycles. The Morgan fingerprint density at radius 3 is 3.00 bits per heavy atom. The molecular formula is C17H20ClN3O2. The third-order valence-electron chi connectivity index (χ3n) is 4.10. The molecule has 1 aromatic heterocycles. The predicted octanol–water partition coefficient (Wildman–Crippen LogP) is 2.74. The third-order valence-corrected chi connectivity index (χ3v) is 4.46. The van der Waals surface area contributed by atoms with Gasteiger partial charge in [-0.05, 0) is 30.5 Å². The number of nitrogens with zero attached hydrogens (tertiary/aromatic N) is 3. The quantitative estimate of drug-likeness (QED) is 0.816. The number of rotatable bonds is 6. The molecule has 6 heteroatoms. The van der Waals surface area contributed by atoms with Gasteiger partial charge in [-0.25, -0.2) is 0 Å². The molecule has 0 unspecified atom stereocenters. The Morgan fingerprint density at radius 1 is 1.35 bits per heavy atom. The topological polar surface area (TPSA) is 47.4 Å². The van der Waals surface area contributed by atoms with Gasteiger partial charge in [0, 0.05) is 24.0 Å². The minimum Gasteiger partial charge on any atom is -0.367 e. The maximum Gasteiger partial charge on any atom is 0.248 e. The summed E-state index contributed by atoms with van der Waals surface area (Å²) in [6, 6.07) is 9.61. The summed E-state index contributed by atoms with van der Waals surface area (Å²) in [5.74, 6) is 0.0340. The number of benzene rings is 1. The van der Waals surface area contributed by atoms with E-state index < -0.39 is 0 Å². The number of likely N-dealkylation sites (tertiary alicyclic amines) is 1. The van der Waals surface area contributed by atoms with Gasteiger partial charge in [0.1, 0.15) is 6.61 Å². The molecule has 0 radical (unpaired) electrons. The lowest BCUT2D eigenvalue weighted by atomic mass is 10.2. The fourth-order valence-electron chi connectivity index (χ4n) is 2.92. The van der Waals surface area contributed by atoms with E-state index in [0.717, 1.165) is 31.5 Å². The smallest absolute Gasteiger partial charge is 0.248 e. The molecule has 0 aliphatic carbocycles. The lowest BCUT2D eigenvalue weighted by Crippen LogP contribution is -2.40. The van der Waals surface area contributed by atoms with E-state index in [9.17, 15) is 4.79 Å². The van der Waals surface area contributed by atoms with Crippen molar-refractivity contribution < 1.29 is 9.53 Å². The molecule has 2 aromatic rings. The highest BCUT2D eigenvalue weighted by Gasteiger charge is 2.28. The Kier molecular flexibility index (Phi) is 5.31. The summed E-state index contributed by atoms with van der Waals surface area (Å²) >= 11 is 6.08. The fourth-order valence-corrected chi connectivity index (χ4v) is 3.12. The predicted molar refractivity (Wildman–Crippen MR) is 88.1 cm³/mol. The van der Waals surface area contributed by atoms with E-state index in [2.05, 4.69) is 5.10 Å². The zero-order valence-corrected chi connectivity index (χ0v) is 13.7. The lowest BCUT2D eigenvalue weighted by Gasteiger charge is -2.24. The van der Waals surface area contributed by atoms with Crippen LogP contribution in [0, 0.1) is 0 Å². The molecule has 1 amide bonds. The van der Waals surface area contributed by atoms with E-state index in [1.807, 2.05) is 46.1 Å². The molecule has 23 heavy (non-hydrogen) atoms. The average molecular weight is 334 g/mol. The standard InChI is InChI=1S/C17H20ClN3O2/c18-16-7-2-1-5-14(16)12-23-13-17(22)21-10-3-6-15(21)11-20-9-4-8-19-20/h1-2,4-5,7-9,15H,3,6,10-13H2/t15-/m1/s1. The number of carbonyl (C=O) groups is 1. The molecule has 122 valence electrons. The number of hydrogen-bond acceptors (Lipinski definition) is 3. The van der Waals surface area contributed by atoms with Crippen LogP contribution < -0.4 is 0 Å². The molecule has 1 aliphatic rings. The summed E-state index contributed by atoms with van der Waals surface area (Å²) in [5, 5.41) is 4.88. The summed E-state index contributed by atoms with van der Waals surface area (Å²) < 4.78 is 7.44. The second kappa shape index (κ2) is 7.62. The van der Waals surface area contributed by atoms with Crippen LogP contribution >= 0.6 is 11.6 Å². The van der Waals surface area contributed by atoms with Crippen LogP contribution in [0.25, 0.3) is 0 Å². The van der Waals surface area contributed by atoms with Crippen molar-refractivity contribution in [3.63, 3.8) is 0 Å². The highest BCUT2D eigenvalue weighted by Crippen LogP contribution is 2.20. The molecule has 0 saturated carbocycles. The minimum absolute atomic E-state index is 0.0340. The molecule has 2 heterocycles. The van der Waals surface area contributed by atoms with Crippen molar-refractivity contribution in [2.24, 2.45) is 0 Å². The number of hydrogen-bond donors (Lipinski definition) is 0.